The Labute approximate surface area is 141 Å². The van der Waals surface area contributed by atoms with Crippen LogP contribution in [0.5, 0.6) is 0 Å². The summed E-state index contributed by atoms with van der Waals surface area (Å²) in [4.78, 5) is 25.0. The van der Waals surface area contributed by atoms with Crippen molar-refractivity contribution in [1.82, 2.24) is 4.90 Å². The summed E-state index contributed by atoms with van der Waals surface area (Å²) in [7, 11) is 0. The van der Waals surface area contributed by atoms with Gasteiger partial charge in [0.05, 0.1) is 4.92 Å². The molecule has 24 heavy (non-hydrogen) atoms. The Morgan fingerprint density at radius 1 is 1.25 bits per heavy atom. The van der Waals surface area contributed by atoms with E-state index in [-0.39, 0.29) is 17.8 Å². The Hall–Kier alpha value is -2.37. The normalized spacial score (nSPS) is 20.3. The summed E-state index contributed by atoms with van der Waals surface area (Å²) in [5.41, 5.74) is 3.07. The van der Waals surface area contributed by atoms with Gasteiger partial charge in [-0.15, -0.1) is 0 Å². The van der Waals surface area contributed by atoms with Crippen molar-refractivity contribution < 1.29 is 9.72 Å². The molecule has 0 spiro atoms. The maximum atomic E-state index is 12.7. The van der Waals surface area contributed by atoms with Crippen LogP contribution in [0, 0.1) is 10.1 Å². The predicted molar refractivity (Wildman–Crippen MR) is 92.6 cm³/mol. The van der Waals surface area contributed by atoms with Crippen molar-refractivity contribution in [2.45, 2.75) is 51.6 Å². The summed E-state index contributed by atoms with van der Waals surface area (Å²) >= 11 is 0. The quantitative estimate of drug-likeness (QED) is 0.635. The molecule has 1 atom stereocenters. The molecule has 0 radical (unpaired) electrons. The number of hydrogen-bond donors (Lipinski definition) is 1. The minimum atomic E-state index is -0.405. The third-order valence-electron chi connectivity index (χ3n) is 4.81. The summed E-state index contributed by atoms with van der Waals surface area (Å²) in [6.07, 6.45) is 5.93. The molecule has 128 valence electrons. The number of hydrogen-bond acceptors (Lipinski definition) is 4. The van der Waals surface area contributed by atoms with Crippen LogP contribution in [0.1, 0.15) is 45.4 Å². The standard InChI is InChI=1S/C18H23N3O3/c1-2-3-12-20-17(15-6-4-5-7-16(15)18(20)22)19-13-8-10-14(11-9-13)21(23)24/h8-11,17,19H,2-7,12H2,1H3. The van der Waals surface area contributed by atoms with E-state index in [0.717, 1.165) is 56.3 Å². The lowest BCUT2D eigenvalue weighted by Gasteiger charge is -2.29. The van der Waals surface area contributed by atoms with Gasteiger partial charge in [0.2, 0.25) is 0 Å². The van der Waals surface area contributed by atoms with Crippen molar-refractivity contribution in [2.75, 3.05) is 11.9 Å². The first-order valence-electron chi connectivity index (χ1n) is 8.65. The van der Waals surface area contributed by atoms with E-state index in [4.69, 9.17) is 0 Å². The molecule has 2 aliphatic rings. The molecule has 1 amide bonds. The van der Waals surface area contributed by atoms with E-state index >= 15 is 0 Å². The topological polar surface area (TPSA) is 75.5 Å². The molecule has 0 bridgehead atoms. The fourth-order valence-corrected chi connectivity index (χ4v) is 3.51. The van der Waals surface area contributed by atoms with Crippen LogP contribution in [0.15, 0.2) is 35.4 Å². The summed E-state index contributed by atoms with van der Waals surface area (Å²) in [6, 6.07) is 6.40. The van der Waals surface area contributed by atoms with Gasteiger partial charge in [0.1, 0.15) is 6.17 Å². The summed E-state index contributed by atoms with van der Waals surface area (Å²) in [5, 5.41) is 14.2. The highest BCUT2D eigenvalue weighted by atomic mass is 16.6. The van der Waals surface area contributed by atoms with Crippen LogP contribution in [0.4, 0.5) is 11.4 Å². The van der Waals surface area contributed by atoms with Crippen molar-refractivity contribution in [1.29, 1.82) is 0 Å². The van der Waals surface area contributed by atoms with Crippen molar-refractivity contribution >= 4 is 17.3 Å². The van der Waals surface area contributed by atoms with Crippen LogP contribution in [0.3, 0.4) is 0 Å². The first-order valence-corrected chi connectivity index (χ1v) is 8.65. The van der Waals surface area contributed by atoms with E-state index in [0.29, 0.717) is 0 Å². The molecule has 1 aromatic rings. The molecule has 1 aromatic carbocycles. The van der Waals surface area contributed by atoms with Crippen molar-refractivity contribution in [2.24, 2.45) is 0 Å². The van der Waals surface area contributed by atoms with Gasteiger partial charge in [-0.05, 0) is 49.8 Å². The fourth-order valence-electron chi connectivity index (χ4n) is 3.51. The van der Waals surface area contributed by atoms with Gasteiger partial charge < -0.3 is 10.2 Å². The Bertz CT molecular complexity index is 667. The van der Waals surface area contributed by atoms with Crippen molar-refractivity contribution in [3.8, 4) is 0 Å². The van der Waals surface area contributed by atoms with Crippen LogP contribution in [0.25, 0.3) is 0 Å². The van der Waals surface area contributed by atoms with Crippen LogP contribution in [-0.4, -0.2) is 28.4 Å². The molecule has 1 aliphatic heterocycles. The maximum Gasteiger partial charge on any atom is 0.269 e. The first kappa shape index (κ1) is 16.5. The van der Waals surface area contributed by atoms with Crippen LogP contribution < -0.4 is 5.32 Å². The van der Waals surface area contributed by atoms with Gasteiger partial charge in [-0.3, -0.25) is 14.9 Å². The van der Waals surface area contributed by atoms with Gasteiger partial charge in [-0.1, -0.05) is 13.3 Å². The van der Waals surface area contributed by atoms with E-state index in [1.165, 1.54) is 17.7 Å². The number of rotatable bonds is 6. The molecule has 6 heteroatoms. The van der Waals surface area contributed by atoms with Gasteiger partial charge in [0.15, 0.2) is 0 Å². The smallest absolute Gasteiger partial charge is 0.269 e. The average Bonchev–Trinajstić information content (AvgIpc) is 2.86. The average molecular weight is 329 g/mol. The first-order chi connectivity index (χ1) is 11.6. The Morgan fingerprint density at radius 3 is 2.62 bits per heavy atom. The van der Waals surface area contributed by atoms with E-state index < -0.39 is 4.92 Å². The molecule has 1 unspecified atom stereocenters. The molecule has 6 nitrogen and oxygen atoms in total. The molecule has 0 saturated carbocycles. The Morgan fingerprint density at radius 2 is 1.96 bits per heavy atom. The molecule has 1 N–H and O–H groups in total. The molecular formula is C18H23N3O3. The second-order valence-electron chi connectivity index (χ2n) is 6.41. The van der Waals surface area contributed by atoms with Crippen molar-refractivity contribution in [3.05, 3.63) is 45.5 Å². The highest BCUT2D eigenvalue weighted by Gasteiger charge is 2.39. The molecule has 0 aromatic heterocycles. The lowest BCUT2D eigenvalue weighted by molar-refractivity contribution is -0.384. The zero-order chi connectivity index (χ0) is 17.1. The maximum absolute atomic E-state index is 12.7. The number of amides is 1. The zero-order valence-electron chi connectivity index (χ0n) is 14.0. The van der Waals surface area contributed by atoms with E-state index in [1.54, 1.807) is 12.1 Å². The third-order valence-corrected chi connectivity index (χ3v) is 4.81. The number of unbranched alkanes of at least 4 members (excludes halogenated alkanes) is 1. The minimum absolute atomic E-state index is 0.0726. The number of nitro benzene ring substituents is 1. The second kappa shape index (κ2) is 7.03. The number of non-ortho nitro benzene ring substituents is 1. The number of carbonyl (C=O) groups is 1. The summed E-state index contributed by atoms with van der Waals surface area (Å²) in [6.45, 7) is 2.86. The van der Waals surface area contributed by atoms with Crippen LogP contribution in [-0.2, 0) is 4.79 Å². The lowest BCUT2D eigenvalue weighted by Crippen LogP contribution is -2.41. The number of carbonyl (C=O) groups excluding carboxylic acids is 1. The number of nitrogens with zero attached hydrogens (tertiary/aromatic N) is 2. The van der Waals surface area contributed by atoms with E-state index in [2.05, 4.69) is 12.2 Å². The van der Waals surface area contributed by atoms with Crippen LogP contribution >= 0.6 is 0 Å². The molecule has 1 aliphatic carbocycles. The molecular weight excluding hydrogens is 306 g/mol. The molecule has 0 fully saturated rings. The largest absolute Gasteiger partial charge is 0.362 e. The molecule has 3 rings (SSSR count). The number of nitro groups is 1. The molecule has 0 saturated heterocycles. The number of benzene rings is 1. The van der Waals surface area contributed by atoms with Gasteiger partial charge in [-0.2, -0.15) is 0 Å². The van der Waals surface area contributed by atoms with E-state index in [9.17, 15) is 14.9 Å². The van der Waals surface area contributed by atoms with Crippen molar-refractivity contribution in [3.63, 3.8) is 0 Å². The third kappa shape index (κ3) is 3.13. The van der Waals surface area contributed by atoms with Gasteiger partial charge >= 0.3 is 0 Å². The monoisotopic (exact) mass is 329 g/mol. The highest BCUT2D eigenvalue weighted by molar-refractivity contribution is 5.98. The number of anilines is 1. The van der Waals surface area contributed by atoms with Gasteiger partial charge in [0, 0.05) is 29.9 Å². The highest BCUT2D eigenvalue weighted by Crippen LogP contribution is 2.37. The minimum Gasteiger partial charge on any atom is -0.362 e. The Balaban J connectivity index is 1.82. The summed E-state index contributed by atoms with van der Waals surface area (Å²) in [5.74, 6) is 0.164. The molecule has 1 heterocycles. The second-order valence-corrected chi connectivity index (χ2v) is 6.41. The SMILES string of the molecule is CCCCN1C(=O)C2=C(CCCC2)C1Nc1ccc([N+](=O)[O-])cc1. The van der Waals surface area contributed by atoms with E-state index in [1.807, 2.05) is 4.90 Å². The summed E-state index contributed by atoms with van der Waals surface area (Å²) < 4.78 is 0. The fraction of sp³-hybridized carbons (Fsp3) is 0.500. The van der Waals surface area contributed by atoms with Crippen LogP contribution in [0.2, 0.25) is 0 Å². The van der Waals surface area contributed by atoms with Gasteiger partial charge in [0.25, 0.3) is 11.6 Å². The Kier molecular flexibility index (Phi) is 4.83. The lowest BCUT2D eigenvalue weighted by atomic mass is 9.92. The van der Waals surface area contributed by atoms with Gasteiger partial charge in [-0.25, -0.2) is 0 Å². The number of nitrogens with one attached hydrogen (secondary N) is 1. The predicted octanol–water partition coefficient (Wildman–Crippen LogP) is 3.85. The zero-order valence-corrected chi connectivity index (χ0v) is 14.0.